The molecule has 2 aromatic carbocycles. The van der Waals surface area contributed by atoms with Crippen LogP contribution in [0.15, 0.2) is 55.1 Å². The number of benzene rings is 2. The van der Waals surface area contributed by atoms with Crippen molar-refractivity contribution in [2.24, 2.45) is 11.8 Å². The first kappa shape index (κ1) is 35.4. The predicted molar refractivity (Wildman–Crippen MR) is 175 cm³/mol. The molecule has 0 aliphatic heterocycles. The highest BCUT2D eigenvalue weighted by Gasteiger charge is 2.30. The third-order valence-corrected chi connectivity index (χ3v) is 8.60. The first-order chi connectivity index (χ1) is 22.9. The Bertz CT molecular complexity index is 1370. The quantitative estimate of drug-likeness (QED) is 0.0661. The summed E-state index contributed by atoms with van der Waals surface area (Å²) >= 11 is 0. The minimum absolute atomic E-state index is 0.105. The van der Waals surface area contributed by atoms with E-state index in [1.807, 2.05) is 0 Å². The van der Waals surface area contributed by atoms with E-state index in [-0.39, 0.29) is 35.4 Å². The molecule has 0 spiro atoms. The van der Waals surface area contributed by atoms with Gasteiger partial charge in [-0.05, 0) is 107 Å². The molecule has 0 radical (unpaired) electrons. The van der Waals surface area contributed by atoms with Crippen LogP contribution in [0.1, 0.15) is 99.4 Å². The largest absolute Gasteiger partial charge is 0.494 e. The lowest BCUT2D eigenvalue weighted by atomic mass is 9.87. The second-order valence-electron chi connectivity index (χ2n) is 12.1. The molecule has 2 aromatic rings. The molecule has 0 amide bonds. The fraction of sp³-hybridized carbons (Fsp3) is 0.486. The molecule has 0 saturated heterocycles. The van der Waals surface area contributed by atoms with Gasteiger partial charge in [-0.1, -0.05) is 25.8 Å². The molecule has 2 aliphatic carbocycles. The van der Waals surface area contributed by atoms with E-state index < -0.39 is 11.9 Å². The molecule has 0 heterocycles. The normalized spacial score (nSPS) is 18.0. The van der Waals surface area contributed by atoms with Gasteiger partial charge in [0.25, 0.3) is 0 Å². The van der Waals surface area contributed by atoms with E-state index in [1.165, 1.54) is 12.1 Å². The van der Waals surface area contributed by atoms with E-state index in [1.54, 1.807) is 30.3 Å². The van der Waals surface area contributed by atoms with Crippen LogP contribution in [-0.4, -0.2) is 49.4 Å². The minimum atomic E-state index is -0.548. The standard InChI is InChI=1S/C37H45NO9/c1-2-34(39)44-23-9-4-3-8-22-43-29-16-18-31(19-17-29)45-36(41)27-12-14-30(15-13-27)46-37(42)33-21-20-32(24-28(33)25-38)47-35(40)26-10-6-5-7-11-26/h2,16-21,24-27,30,38H,1,3-15,22-23H2. The highest BCUT2D eigenvalue weighted by molar-refractivity contribution is 5.99. The van der Waals surface area contributed by atoms with Crippen LogP contribution < -0.4 is 14.2 Å². The van der Waals surface area contributed by atoms with Crippen LogP contribution in [0, 0.1) is 17.2 Å². The number of ether oxygens (including phenoxy) is 5. The second-order valence-corrected chi connectivity index (χ2v) is 12.1. The van der Waals surface area contributed by atoms with Crippen LogP contribution in [0.4, 0.5) is 0 Å². The van der Waals surface area contributed by atoms with Crippen molar-refractivity contribution in [3.8, 4) is 17.2 Å². The molecular formula is C37H45NO9. The fourth-order valence-electron chi connectivity index (χ4n) is 5.86. The molecule has 2 aliphatic rings. The molecule has 0 aromatic heterocycles. The minimum Gasteiger partial charge on any atom is -0.494 e. The highest BCUT2D eigenvalue weighted by Crippen LogP contribution is 2.30. The molecule has 10 heteroatoms. The van der Waals surface area contributed by atoms with Gasteiger partial charge in [-0.15, -0.1) is 0 Å². The van der Waals surface area contributed by atoms with E-state index in [2.05, 4.69) is 6.58 Å². The maximum atomic E-state index is 13.0. The van der Waals surface area contributed by atoms with E-state index in [0.717, 1.165) is 70.1 Å². The Morgan fingerprint density at radius 2 is 1.32 bits per heavy atom. The Hall–Kier alpha value is -4.47. The topological polar surface area (TPSA) is 138 Å². The predicted octanol–water partition coefficient (Wildman–Crippen LogP) is 7.16. The number of rotatable bonds is 16. The summed E-state index contributed by atoms with van der Waals surface area (Å²) in [6.45, 7) is 4.32. The third kappa shape index (κ3) is 11.4. The van der Waals surface area contributed by atoms with E-state index in [4.69, 9.17) is 29.1 Å². The molecule has 4 rings (SSSR count). The number of carbonyl (C=O) groups is 4. The smallest absolute Gasteiger partial charge is 0.339 e. The molecule has 10 nitrogen and oxygen atoms in total. The molecule has 252 valence electrons. The zero-order chi connectivity index (χ0) is 33.4. The molecule has 0 atom stereocenters. The summed E-state index contributed by atoms with van der Waals surface area (Å²) in [7, 11) is 0. The van der Waals surface area contributed by atoms with Crippen molar-refractivity contribution in [2.45, 2.75) is 89.6 Å². The Morgan fingerprint density at radius 1 is 0.723 bits per heavy atom. The highest BCUT2D eigenvalue weighted by atomic mass is 16.6. The number of nitrogens with one attached hydrogen (secondary N) is 1. The van der Waals surface area contributed by atoms with Gasteiger partial charge in [0.1, 0.15) is 23.4 Å². The summed E-state index contributed by atoms with van der Waals surface area (Å²) in [6, 6.07) is 11.6. The van der Waals surface area contributed by atoms with Gasteiger partial charge in [0, 0.05) is 17.9 Å². The van der Waals surface area contributed by atoms with Gasteiger partial charge in [-0.3, -0.25) is 9.59 Å². The van der Waals surface area contributed by atoms with Crippen LogP contribution in [0.3, 0.4) is 0 Å². The van der Waals surface area contributed by atoms with Crippen LogP contribution >= 0.6 is 0 Å². The van der Waals surface area contributed by atoms with E-state index in [0.29, 0.717) is 61.7 Å². The lowest BCUT2D eigenvalue weighted by Crippen LogP contribution is -2.30. The number of carbonyl (C=O) groups excluding carboxylic acids is 4. The zero-order valence-electron chi connectivity index (χ0n) is 26.9. The number of unbranched alkanes of at least 4 members (excludes halogenated alkanes) is 3. The Morgan fingerprint density at radius 3 is 1.98 bits per heavy atom. The van der Waals surface area contributed by atoms with Crippen molar-refractivity contribution < 1.29 is 42.9 Å². The Balaban J connectivity index is 1.14. The molecule has 1 N–H and O–H groups in total. The molecule has 0 bridgehead atoms. The molecule has 0 unspecified atom stereocenters. The molecule has 2 saturated carbocycles. The summed E-state index contributed by atoms with van der Waals surface area (Å²) in [4.78, 5) is 49.3. The Labute approximate surface area is 276 Å². The fourth-order valence-corrected chi connectivity index (χ4v) is 5.86. The van der Waals surface area contributed by atoms with Gasteiger partial charge < -0.3 is 29.1 Å². The maximum absolute atomic E-state index is 13.0. The average Bonchev–Trinajstić information content (AvgIpc) is 3.10. The molecular weight excluding hydrogens is 602 g/mol. The van der Waals surface area contributed by atoms with Gasteiger partial charge in [0.2, 0.25) is 0 Å². The van der Waals surface area contributed by atoms with Crippen molar-refractivity contribution in [1.82, 2.24) is 0 Å². The van der Waals surface area contributed by atoms with Crippen molar-refractivity contribution in [3.05, 3.63) is 66.2 Å². The van der Waals surface area contributed by atoms with Gasteiger partial charge in [-0.25, -0.2) is 9.59 Å². The van der Waals surface area contributed by atoms with Gasteiger partial charge >= 0.3 is 23.9 Å². The first-order valence-electron chi connectivity index (χ1n) is 16.7. The summed E-state index contributed by atoms with van der Waals surface area (Å²) in [5.74, 6) is -0.486. The maximum Gasteiger partial charge on any atom is 0.339 e. The second kappa shape index (κ2) is 18.6. The average molecular weight is 648 g/mol. The van der Waals surface area contributed by atoms with E-state index >= 15 is 0 Å². The van der Waals surface area contributed by atoms with Crippen molar-refractivity contribution >= 4 is 30.1 Å². The third-order valence-electron chi connectivity index (χ3n) is 8.60. The first-order valence-corrected chi connectivity index (χ1v) is 16.7. The SMILES string of the molecule is C=CC(=O)OCCCCCCOc1ccc(OC(=O)C2CCC(OC(=O)c3ccc(OC(=O)C4CCCCC4)cc3C=N)CC2)cc1. The van der Waals surface area contributed by atoms with Crippen molar-refractivity contribution in [3.63, 3.8) is 0 Å². The van der Waals surface area contributed by atoms with Crippen LogP contribution in [0.25, 0.3) is 0 Å². The number of hydrogen-bond donors (Lipinski definition) is 1. The van der Waals surface area contributed by atoms with Crippen LogP contribution in [-0.2, 0) is 23.9 Å². The lowest BCUT2D eigenvalue weighted by Gasteiger charge is -2.27. The van der Waals surface area contributed by atoms with Crippen LogP contribution in [0.2, 0.25) is 0 Å². The zero-order valence-corrected chi connectivity index (χ0v) is 26.9. The summed E-state index contributed by atoms with van der Waals surface area (Å²) < 4.78 is 27.6. The van der Waals surface area contributed by atoms with E-state index in [9.17, 15) is 19.2 Å². The van der Waals surface area contributed by atoms with Crippen molar-refractivity contribution in [1.29, 1.82) is 5.41 Å². The number of hydrogen-bond acceptors (Lipinski definition) is 10. The molecule has 2 fully saturated rings. The summed E-state index contributed by atoms with van der Waals surface area (Å²) in [6.07, 6.45) is 12.4. The van der Waals surface area contributed by atoms with Gasteiger partial charge in [-0.2, -0.15) is 0 Å². The van der Waals surface area contributed by atoms with Gasteiger partial charge in [0.15, 0.2) is 0 Å². The summed E-state index contributed by atoms with van der Waals surface area (Å²) in [5, 5.41) is 7.78. The lowest BCUT2D eigenvalue weighted by molar-refractivity contribution is -0.141. The van der Waals surface area contributed by atoms with Gasteiger partial charge in [0.05, 0.1) is 30.6 Å². The van der Waals surface area contributed by atoms with Crippen LogP contribution in [0.5, 0.6) is 17.2 Å². The summed E-state index contributed by atoms with van der Waals surface area (Å²) in [5.41, 5.74) is 0.550. The Kier molecular flexibility index (Phi) is 14.0. The monoisotopic (exact) mass is 647 g/mol. The molecule has 47 heavy (non-hydrogen) atoms. The van der Waals surface area contributed by atoms with Crippen molar-refractivity contribution in [2.75, 3.05) is 13.2 Å². The number of esters is 4.